The standard InChI is InChI=1S/C16H22O2/c1-4-18-13-9-7-12(8-10-13)15(17)14-6-5-11-16(14,2)3/h7-10,14H,4-6,11H2,1-3H3. The van der Waals surface area contributed by atoms with Crippen LogP contribution in [0, 0.1) is 11.3 Å². The zero-order chi connectivity index (χ0) is 13.2. The summed E-state index contributed by atoms with van der Waals surface area (Å²) in [5.41, 5.74) is 0.966. The van der Waals surface area contributed by atoms with Crippen molar-refractivity contribution in [1.29, 1.82) is 0 Å². The number of benzene rings is 1. The Hall–Kier alpha value is -1.31. The Balaban J connectivity index is 2.14. The Kier molecular flexibility index (Phi) is 3.74. The predicted molar refractivity (Wildman–Crippen MR) is 73.1 cm³/mol. The van der Waals surface area contributed by atoms with E-state index in [1.807, 2.05) is 31.2 Å². The Morgan fingerprint density at radius 3 is 2.50 bits per heavy atom. The van der Waals surface area contributed by atoms with Gasteiger partial charge in [0, 0.05) is 11.5 Å². The van der Waals surface area contributed by atoms with Crippen molar-refractivity contribution in [3.8, 4) is 5.75 Å². The fourth-order valence-electron chi connectivity index (χ4n) is 2.90. The summed E-state index contributed by atoms with van der Waals surface area (Å²) in [6.07, 6.45) is 3.35. The highest BCUT2D eigenvalue weighted by molar-refractivity contribution is 5.98. The molecule has 0 spiro atoms. The molecule has 1 atom stereocenters. The van der Waals surface area contributed by atoms with Crippen molar-refractivity contribution in [2.24, 2.45) is 11.3 Å². The number of carbonyl (C=O) groups is 1. The molecule has 0 amide bonds. The lowest BCUT2D eigenvalue weighted by Crippen LogP contribution is -2.25. The van der Waals surface area contributed by atoms with E-state index in [1.165, 1.54) is 6.42 Å². The van der Waals surface area contributed by atoms with Crippen LogP contribution in [0.5, 0.6) is 5.75 Å². The molecule has 0 heterocycles. The summed E-state index contributed by atoms with van der Waals surface area (Å²) in [5.74, 6) is 1.30. The molecule has 1 aromatic carbocycles. The van der Waals surface area contributed by atoms with E-state index in [2.05, 4.69) is 13.8 Å². The summed E-state index contributed by atoms with van der Waals surface area (Å²) < 4.78 is 5.40. The second-order valence-corrected chi connectivity index (χ2v) is 5.76. The fourth-order valence-corrected chi connectivity index (χ4v) is 2.90. The van der Waals surface area contributed by atoms with Gasteiger partial charge in [-0.1, -0.05) is 20.3 Å². The molecule has 2 nitrogen and oxygen atoms in total. The highest BCUT2D eigenvalue weighted by atomic mass is 16.5. The van der Waals surface area contributed by atoms with Crippen LogP contribution >= 0.6 is 0 Å². The highest BCUT2D eigenvalue weighted by Gasteiger charge is 2.39. The molecular weight excluding hydrogens is 224 g/mol. The van der Waals surface area contributed by atoms with Crippen molar-refractivity contribution in [1.82, 2.24) is 0 Å². The third kappa shape index (κ3) is 2.58. The maximum absolute atomic E-state index is 12.5. The first kappa shape index (κ1) is 13.1. The van der Waals surface area contributed by atoms with Gasteiger partial charge < -0.3 is 4.74 Å². The van der Waals surface area contributed by atoms with E-state index >= 15 is 0 Å². The van der Waals surface area contributed by atoms with E-state index in [4.69, 9.17) is 4.74 Å². The maximum atomic E-state index is 12.5. The number of hydrogen-bond donors (Lipinski definition) is 0. The summed E-state index contributed by atoms with van der Waals surface area (Å²) >= 11 is 0. The maximum Gasteiger partial charge on any atom is 0.166 e. The number of carbonyl (C=O) groups excluding carboxylic acids is 1. The van der Waals surface area contributed by atoms with Crippen LogP contribution in [0.4, 0.5) is 0 Å². The number of ether oxygens (including phenoxy) is 1. The minimum absolute atomic E-state index is 0.148. The van der Waals surface area contributed by atoms with Crippen molar-refractivity contribution < 1.29 is 9.53 Å². The van der Waals surface area contributed by atoms with Gasteiger partial charge in [0.05, 0.1) is 6.61 Å². The van der Waals surface area contributed by atoms with Crippen LogP contribution < -0.4 is 4.74 Å². The lowest BCUT2D eigenvalue weighted by atomic mass is 9.78. The van der Waals surface area contributed by atoms with Crippen molar-refractivity contribution >= 4 is 5.78 Å². The molecule has 2 heteroatoms. The van der Waals surface area contributed by atoms with Gasteiger partial charge in [-0.2, -0.15) is 0 Å². The molecule has 1 fully saturated rings. The predicted octanol–water partition coefficient (Wildman–Crippen LogP) is 4.09. The average Bonchev–Trinajstić information content (AvgIpc) is 2.69. The topological polar surface area (TPSA) is 26.3 Å². The molecule has 0 radical (unpaired) electrons. The summed E-state index contributed by atoms with van der Waals surface area (Å²) in [6.45, 7) is 7.03. The van der Waals surface area contributed by atoms with Crippen molar-refractivity contribution in [2.75, 3.05) is 6.61 Å². The molecule has 98 valence electrons. The summed E-state index contributed by atoms with van der Waals surface area (Å²) in [6, 6.07) is 7.56. The second-order valence-electron chi connectivity index (χ2n) is 5.76. The van der Waals surface area contributed by atoms with Crippen LogP contribution in [-0.4, -0.2) is 12.4 Å². The smallest absolute Gasteiger partial charge is 0.166 e. The van der Waals surface area contributed by atoms with Crippen LogP contribution in [0.1, 0.15) is 50.4 Å². The molecule has 1 aliphatic rings. The largest absolute Gasteiger partial charge is 0.494 e. The van der Waals surface area contributed by atoms with Gasteiger partial charge >= 0.3 is 0 Å². The molecule has 1 saturated carbocycles. The molecule has 1 unspecified atom stereocenters. The van der Waals surface area contributed by atoms with Gasteiger partial charge in [-0.05, 0) is 49.4 Å². The number of rotatable bonds is 4. The van der Waals surface area contributed by atoms with Crippen molar-refractivity contribution in [3.05, 3.63) is 29.8 Å². The zero-order valence-corrected chi connectivity index (χ0v) is 11.5. The molecule has 0 bridgehead atoms. The molecule has 0 aliphatic heterocycles. The van der Waals surface area contributed by atoms with E-state index in [0.717, 1.165) is 24.2 Å². The minimum Gasteiger partial charge on any atom is -0.494 e. The first-order chi connectivity index (χ1) is 8.54. The molecule has 1 aromatic rings. The molecule has 0 aromatic heterocycles. The van der Waals surface area contributed by atoms with Gasteiger partial charge in [0.1, 0.15) is 5.75 Å². The average molecular weight is 246 g/mol. The van der Waals surface area contributed by atoms with Crippen LogP contribution in [-0.2, 0) is 0 Å². The van der Waals surface area contributed by atoms with Gasteiger partial charge in [0.25, 0.3) is 0 Å². The Bertz CT molecular complexity index is 417. The van der Waals surface area contributed by atoms with E-state index in [1.54, 1.807) is 0 Å². The molecule has 18 heavy (non-hydrogen) atoms. The first-order valence-corrected chi connectivity index (χ1v) is 6.81. The zero-order valence-electron chi connectivity index (χ0n) is 11.5. The molecule has 0 saturated heterocycles. The van der Waals surface area contributed by atoms with Gasteiger partial charge in [0.15, 0.2) is 5.78 Å². The summed E-state index contributed by atoms with van der Waals surface area (Å²) in [4.78, 5) is 12.5. The summed E-state index contributed by atoms with van der Waals surface area (Å²) in [5, 5.41) is 0. The van der Waals surface area contributed by atoms with Gasteiger partial charge in [-0.3, -0.25) is 4.79 Å². The van der Waals surface area contributed by atoms with Gasteiger partial charge in [-0.15, -0.1) is 0 Å². The monoisotopic (exact) mass is 246 g/mol. The third-order valence-electron chi connectivity index (χ3n) is 4.02. The highest BCUT2D eigenvalue weighted by Crippen LogP contribution is 2.44. The number of hydrogen-bond acceptors (Lipinski definition) is 2. The Morgan fingerprint density at radius 1 is 1.33 bits per heavy atom. The van der Waals surface area contributed by atoms with E-state index in [9.17, 15) is 4.79 Å². The number of Topliss-reactive ketones (excluding diaryl/α,β-unsaturated/α-hetero) is 1. The summed E-state index contributed by atoms with van der Waals surface area (Å²) in [7, 11) is 0. The lowest BCUT2D eigenvalue weighted by molar-refractivity contribution is 0.0839. The normalized spacial score (nSPS) is 21.8. The van der Waals surface area contributed by atoms with Crippen LogP contribution in [0.25, 0.3) is 0 Å². The van der Waals surface area contributed by atoms with Crippen LogP contribution in [0.15, 0.2) is 24.3 Å². The SMILES string of the molecule is CCOc1ccc(C(=O)C2CCCC2(C)C)cc1. The van der Waals surface area contributed by atoms with E-state index in [-0.39, 0.29) is 11.3 Å². The molecular formula is C16H22O2. The van der Waals surface area contributed by atoms with Crippen LogP contribution in [0.3, 0.4) is 0 Å². The van der Waals surface area contributed by atoms with Crippen molar-refractivity contribution in [3.63, 3.8) is 0 Å². The molecule has 1 aliphatic carbocycles. The minimum atomic E-state index is 0.148. The Labute approximate surface area is 109 Å². The lowest BCUT2D eigenvalue weighted by Gasteiger charge is -2.25. The van der Waals surface area contributed by atoms with Crippen molar-refractivity contribution in [2.45, 2.75) is 40.0 Å². The van der Waals surface area contributed by atoms with Gasteiger partial charge in [-0.25, -0.2) is 0 Å². The Morgan fingerprint density at radius 2 is 2.00 bits per heavy atom. The molecule has 0 N–H and O–H groups in total. The van der Waals surface area contributed by atoms with E-state index < -0.39 is 0 Å². The fraction of sp³-hybridized carbons (Fsp3) is 0.562. The third-order valence-corrected chi connectivity index (χ3v) is 4.02. The first-order valence-electron chi connectivity index (χ1n) is 6.81. The quantitative estimate of drug-likeness (QED) is 0.748. The number of ketones is 1. The molecule has 2 rings (SSSR count). The van der Waals surface area contributed by atoms with E-state index in [0.29, 0.717) is 12.4 Å². The van der Waals surface area contributed by atoms with Gasteiger partial charge in [0.2, 0.25) is 0 Å². The second kappa shape index (κ2) is 5.13. The van der Waals surface area contributed by atoms with Crippen LogP contribution in [0.2, 0.25) is 0 Å².